The Bertz CT molecular complexity index is 825. The predicted octanol–water partition coefficient (Wildman–Crippen LogP) is 6.32. The van der Waals surface area contributed by atoms with Crippen molar-refractivity contribution in [2.45, 2.75) is 26.4 Å². The maximum absolute atomic E-state index is 13.6. The minimum absolute atomic E-state index is 0.180. The fraction of sp³-hybridized carbons (Fsp3) is 0.182. The summed E-state index contributed by atoms with van der Waals surface area (Å²) in [4.78, 5) is 0. The SMILES string of the molecule is CC(C)c1ccc(Oc2cccc(OCc3ccccc3F)c2)cc1. The zero-order valence-electron chi connectivity index (χ0n) is 14.4. The van der Waals surface area contributed by atoms with Crippen LogP contribution in [0.5, 0.6) is 17.2 Å². The van der Waals surface area contributed by atoms with Crippen LogP contribution in [-0.4, -0.2) is 0 Å². The lowest BCUT2D eigenvalue weighted by Crippen LogP contribution is -1.98. The summed E-state index contributed by atoms with van der Waals surface area (Å²) in [5.41, 5.74) is 1.80. The molecule has 0 N–H and O–H groups in total. The molecule has 2 nitrogen and oxygen atoms in total. The van der Waals surface area contributed by atoms with Gasteiger partial charge in [0.25, 0.3) is 0 Å². The highest BCUT2D eigenvalue weighted by Gasteiger charge is 2.04. The van der Waals surface area contributed by atoms with E-state index in [4.69, 9.17) is 9.47 Å². The van der Waals surface area contributed by atoms with Gasteiger partial charge in [-0.2, -0.15) is 0 Å². The monoisotopic (exact) mass is 336 g/mol. The smallest absolute Gasteiger partial charge is 0.131 e. The van der Waals surface area contributed by atoms with Crippen molar-refractivity contribution in [3.8, 4) is 17.2 Å². The number of hydrogen-bond acceptors (Lipinski definition) is 2. The zero-order valence-corrected chi connectivity index (χ0v) is 14.4. The molecule has 0 aliphatic carbocycles. The second-order valence-electron chi connectivity index (χ2n) is 6.18. The summed E-state index contributed by atoms with van der Waals surface area (Å²) in [5, 5.41) is 0. The molecule has 0 fully saturated rings. The summed E-state index contributed by atoms with van der Waals surface area (Å²) in [6.07, 6.45) is 0. The number of hydrogen-bond donors (Lipinski definition) is 0. The van der Waals surface area contributed by atoms with Crippen LogP contribution in [-0.2, 0) is 6.61 Å². The molecule has 0 bridgehead atoms. The molecular formula is C22H21FO2. The first-order valence-corrected chi connectivity index (χ1v) is 8.36. The molecule has 3 aromatic carbocycles. The van der Waals surface area contributed by atoms with Crippen LogP contribution in [0, 0.1) is 5.82 Å². The Labute approximate surface area is 147 Å². The number of halogens is 1. The van der Waals surface area contributed by atoms with E-state index in [-0.39, 0.29) is 12.4 Å². The lowest BCUT2D eigenvalue weighted by atomic mass is 10.0. The van der Waals surface area contributed by atoms with E-state index in [0.29, 0.717) is 23.0 Å². The van der Waals surface area contributed by atoms with Crippen LogP contribution >= 0.6 is 0 Å². The molecule has 0 saturated heterocycles. The third-order valence-corrected chi connectivity index (χ3v) is 3.94. The molecule has 3 rings (SSSR count). The molecule has 0 radical (unpaired) electrons. The quantitative estimate of drug-likeness (QED) is 0.524. The largest absolute Gasteiger partial charge is 0.489 e. The zero-order chi connectivity index (χ0) is 17.6. The molecule has 0 aromatic heterocycles. The molecule has 3 heteroatoms. The summed E-state index contributed by atoms with van der Waals surface area (Å²) in [7, 11) is 0. The fourth-order valence-corrected chi connectivity index (χ4v) is 2.46. The first-order valence-electron chi connectivity index (χ1n) is 8.36. The van der Waals surface area contributed by atoms with Crippen molar-refractivity contribution in [2.24, 2.45) is 0 Å². The minimum Gasteiger partial charge on any atom is -0.489 e. The first-order chi connectivity index (χ1) is 12.1. The van der Waals surface area contributed by atoms with E-state index >= 15 is 0 Å². The Kier molecular flexibility index (Phi) is 5.34. The van der Waals surface area contributed by atoms with Crippen molar-refractivity contribution in [3.63, 3.8) is 0 Å². The molecule has 0 aliphatic rings. The van der Waals surface area contributed by atoms with E-state index < -0.39 is 0 Å². The van der Waals surface area contributed by atoms with Crippen molar-refractivity contribution >= 4 is 0 Å². The van der Waals surface area contributed by atoms with Gasteiger partial charge in [0.15, 0.2) is 0 Å². The average Bonchev–Trinajstić information content (AvgIpc) is 2.62. The highest BCUT2D eigenvalue weighted by molar-refractivity contribution is 5.38. The van der Waals surface area contributed by atoms with E-state index in [1.54, 1.807) is 24.3 Å². The van der Waals surface area contributed by atoms with Gasteiger partial charge in [-0.25, -0.2) is 4.39 Å². The van der Waals surface area contributed by atoms with Gasteiger partial charge in [0.2, 0.25) is 0 Å². The van der Waals surface area contributed by atoms with Gasteiger partial charge in [0.05, 0.1) is 0 Å². The van der Waals surface area contributed by atoms with Crippen LogP contribution in [0.4, 0.5) is 4.39 Å². The van der Waals surface area contributed by atoms with Crippen molar-refractivity contribution < 1.29 is 13.9 Å². The van der Waals surface area contributed by atoms with Crippen molar-refractivity contribution in [2.75, 3.05) is 0 Å². The summed E-state index contributed by atoms with van der Waals surface area (Å²) >= 11 is 0. The van der Waals surface area contributed by atoms with Gasteiger partial charge in [-0.1, -0.05) is 50.2 Å². The number of benzene rings is 3. The van der Waals surface area contributed by atoms with Crippen LogP contribution in [0.1, 0.15) is 30.9 Å². The third-order valence-electron chi connectivity index (χ3n) is 3.94. The van der Waals surface area contributed by atoms with Crippen LogP contribution in [0.2, 0.25) is 0 Å². The second kappa shape index (κ2) is 7.84. The minimum atomic E-state index is -0.264. The van der Waals surface area contributed by atoms with Crippen LogP contribution in [0.25, 0.3) is 0 Å². The lowest BCUT2D eigenvalue weighted by Gasteiger charge is -2.11. The summed E-state index contributed by atoms with van der Waals surface area (Å²) < 4.78 is 25.2. The molecule has 0 amide bonds. The molecule has 3 aromatic rings. The van der Waals surface area contributed by atoms with Gasteiger partial charge >= 0.3 is 0 Å². The first kappa shape index (κ1) is 17.0. The average molecular weight is 336 g/mol. The van der Waals surface area contributed by atoms with E-state index in [9.17, 15) is 4.39 Å². The molecule has 0 aliphatic heterocycles. The highest BCUT2D eigenvalue weighted by atomic mass is 19.1. The Balaban J connectivity index is 1.66. The standard InChI is InChI=1S/C22H21FO2/c1-16(2)17-10-12-19(13-11-17)25-21-8-5-7-20(14-21)24-15-18-6-3-4-9-22(18)23/h3-14,16H,15H2,1-2H3. The lowest BCUT2D eigenvalue weighted by molar-refractivity contribution is 0.298. The molecular weight excluding hydrogens is 315 g/mol. The van der Waals surface area contributed by atoms with E-state index in [2.05, 4.69) is 26.0 Å². The van der Waals surface area contributed by atoms with Gasteiger partial charge in [0, 0.05) is 11.6 Å². The number of ether oxygens (including phenoxy) is 2. The maximum Gasteiger partial charge on any atom is 0.131 e. The molecule has 128 valence electrons. The van der Waals surface area contributed by atoms with E-state index in [1.807, 2.05) is 30.3 Å². The molecule has 0 spiro atoms. The van der Waals surface area contributed by atoms with Crippen LogP contribution in [0.3, 0.4) is 0 Å². The maximum atomic E-state index is 13.6. The molecule has 0 saturated carbocycles. The van der Waals surface area contributed by atoms with E-state index in [1.165, 1.54) is 11.6 Å². The van der Waals surface area contributed by atoms with Crippen molar-refractivity contribution in [3.05, 3.63) is 89.7 Å². The van der Waals surface area contributed by atoms with Crippen molar-refractivity contribution in [1.29, 1.82) is 0 Å². The van der Waals surface area contributed by atoms with E-state index in [0.717, 1.165) is 5.75 Å². The summed E-state index contributed by atoms with van der Waals surface area (Å²) in [5.74, 6) is 2.32. The summed E-state index contributed by atoms with van der Waals surface area (Å²) in [6, 6.07) is 22.0. The van der Waals surface area contributed by atoms with Gasteiger partial charge in [-0.15, -0.1) is 0 Å². The van der Waals surface area contributed by atoms with Crippen molar-refractivity contribution in [1.82, 2.24) is 0 Å². The second-order valence-corrected chi connectivity index (χ2v) is 6.18. The topological polar surface area (TPSA) is 18.5 Å². The Morgan fingerprint density at radius 3 is 2.24 bits per heavy atom. The Morgan fingerprint density at radius 1 is 0.800 bits per heavy atom. The predicted molar refractivity (Wildman–Crippen MR) is 97.8 cm³/mol. The van der Waals surface area contributed by atoms with Gasteiger partial charge in [-0.3, -0.25) is 0 Å². The van der Waals surface area contributed by atoms with Gasteiger partial charge in [-0.05, 0) is 41.8 Å². The fourth-order valence-electron chi connectivity index (χ4n) is 2.46. The number of rotatable bonds is 6. The van der Waals surface area contributed by atoms with Crippen LogP contribution in [0.15, 0.2) is 72.8 Å². The highest BCUT2D eigenvalue weighted by Crippen LogP contribution is 2.27. The third kappa shape index (κ3) is 4.60. The molecule has 0 unspecified atom stereocenters. The normalized spacial score (nSPS) is 10.7. The van der Waals surface area contributed by atoms with Crippen LogP contribution < -0.4 is 9.47 Å². The van der Waals surface area contributed by atoms with Gasteiger partial charge in [0.1, 0.15) is 29.7 Å². The molecule has 0 atom stereocenters. The molecule has 0 heterocycles. The molecule has 25 heavy (non-hydrogen) atoms. The van der Waals surface area contributed by atoms with Gasteiger partial charge < -0.3 is 9.47 Å². The Morgan fingerprint density at radius 2 is 1.52 bits per heavy atom. The Hall–Kier alpha value is -2.81. The summed E-state index contributed by atoms with van der Waals surface area (Å²) in [6.45, 7) is 4.50.